The number of carbonyl (C=O) groups excluding carboxylic acids is 4. The summed E-state index contributed by atoms with van der Waals surface area (Å²) in [5, 5.41) is 2.52. The van der Waals surface area contributed by atoms with Crippen molar-refractivity contribution in [2.75, 3.05) is 52.6 Å². The monoisotopic (exact) mass is 957 g/mol. The number of Topliss-reactive ketones (excluding diaryl/α,β-unsaturated/α-hetero) is 1. The number of amides is 2. The van der Waals surface area contributed by atoms with E-state index in [1.54, 1.807) is 0 Å². The normalized spacial score (nSPS) is 24.7. The molecule has 11 nitrogen and oxygen atoms in total. The van der Waals surface area contributed by atoms with Crippen LogP contribution in [-0.2, 0) is 63.6 Å². The van der Waals surface area contributed by atoms with Crippen molar-refractivity contribution in [1.29, 1.82) is 0 Å². The van der Waals surface area contributed by atoms with Crippen molar-refractivity contribution in [3.8, 4) is 0 Å². The van der Waals surface area contributed by atoms with Gasteiger partial charge in [-0.05, 0) is 207 Å². The molecular formula is C59H80N4O7. The number of hydrogen-bond acceptors (Lipinski definition) is 7. The quantitative estimate of drug-likeness (QED) is 0.154. The molecule has 11 rings (SSSR count). The summed E-state index contributed by atoms with van der Waals surface area (Å²) in [5.74, 6) is 4.25. The second-order valence-electron chi connectivity index (χ2n) is 23.6. The Kier molecular flexibility index (Phi) is 14.7. The van der Waals surface area contributed by atoms with E-state index in [9.17, 15) is 19.2 Å². The Morgan fingerprint density at radius 1 is 0.586 bits per heavy atom. The third-order valence-electron chi connectivity index (χ3n) is 17.7. The molecule has 4 aromatic rings. The zero-order valence-corrected chi connectivity index (χ0v) is 43.0. The van der Waals surface area contributed by atoms with Gasteiger partial charge < -0.3 is 33.1 Å². The van der Waals surface area contributed by atoms with E-state index in [2.05, 4.69) is 47.5 Å². The molecular weight excluding hydrogens is 877 g/mol. The van der Waals surface area contributed by atoms with Gasteiger partial charge in [0.2, 0.25) is 0 Å². The molecule has 6 heterocycles. The van der Waals surface area contributed by atoms with E-state index in [-0.39, 0.29) is 23.7 Å². The fourth-order valence-electron chi connectivity index (χ4n) is 13.7. The molecule has 4 saturated heterocycles. The number of aryl methyl sites for hydroxylation is 2. The number of fused-ring (bicyclic) bond motifs is 6. The van der Waals surface area contributed by atoms with E-state index in [1.807, 2.05) is 42.7 Å². The minimum atomic E-state index is -0.477. The van der Waals surface area contributed by atoms with Crippen LogP contribution in [0.2, 0.25) is 0 Å². The van der Waals surface area contributed by atoms with Crippen molar-refractivity contribution in [3.05, 3.63) is 70.0 Å². The maximum absolute atomic E-state index is 13.6. The second kappa shape index (κ2) is 20.9. The standard InChI is InChI=1S/C30H42N2O4.C29H38N2O3/c1-30(2,3)36-28(33)16-20-6-5-13-32(19-20)29(34)23-8-10-27-25(18-23)24-17-22(7-9-26(24)31(27)4)21-11-14-35-15-12-21;1-30-26-8-6-22(20-10-13-34-14-11-20)16-24(26)25-17-23(7-9-27(25)30)29(33)31-12-2-3-19(18-31)15-28(32)21-4-5-21/h8,10,18,20-22H,5-7,9,11-17,19H2,1-4H3;7,9,17,19-22H,2-6,8,10-16,18H2,1H3. The number of likely N-dealkylation sites (tertiary alicyclic amines) is 2. The number of ketones is 1. The number of ether oxygens (including phenoxy) is 3. The summed E-state index contributed by atoms with van der Waals surface area (Å²) in [6, 6.07) is 12.6. The van der Waals surface area contributed by atoms with Gasteiger partial charge in [-0.25, -0.2) is 0 Å². The van der Waals surface area contributed by atoms with Gasteiger partial charge in [-0.1, -0.05) is 0 Å². The summed E-state index contributed by atoms with van der Waals surface area (Å²) in [7, 11) is 4.35. The zero-order valence-electron chi connectivity index (χ0n) is 43.0. The Balaban J connectivity index is 0.000000162. The number of nitrogens with zero attached hydrogens (tertiary/aromatic N) is 4. The molecule has 0 spiro atoms. The predicted octanol–water partition coefficient (Wildman–Crippen LogP) is 10.2. The summed E-state index contributed by atoms with van der Waals surface area (Å²) >= 11 is 0. The fourth-order valence-corrected chi connectivity index (χ4v) is 13.7. The molecule has 3 aliphatic carbocycles. The van der Waals surface area contributed by atoms with Crippen LogP contribution < -0.4 is 0 Å². The molecule has 378 valence electrons. The Hall–Kier alpha value is -4.48. The van der Waals surface area contributed by atoms with E-state index in [0.29, 0.717) is 42.9 Å². The van der Waals surface area contributed by atoms with Gasteiger partial charge in [-0.2, -0.15) is 0 Å². The van der Waals surface area contributed by atoms with Gasteiger partial charge in [0, 0.05) is 123 Å². The highest BCUT2D eigenvalue weighted by molar-refractivity contribution is 6.00. The fraction of sp³-hybridized carbons (Fsp3) is 0.661. The first kappa shape index (κ1) is 49.1. The summed E-state index contributed by atoms with van der Waals surface area (Å²) in [5.41, 5.74) is 9.40. The van der Waals surface area contributed by atoms with E-state index in [4.69, 9.17) is 14.2 Å². The van der Waals surface area contributed by atoms with Crippen molar-refractivity contribution in [1.82, 2.24) is 18.9 Å². The first-order chi connectivity index (χ1) is 33.8. The van der Waals surface area contributed by atoms with Gasteiger partial charge >= 0.3 is 5.97 Å². The highest BCUT2D eigenvalue weighted by Gasteiger charge is 2.36. The van der Waals surface area contributed by atoms with Crippen LogP contribution in [0.15, 0.2) is 36.4 Å². The first-order valence-electron chi connectivity index (χ1n) is 27.5. The van der Waals surface area contributed by atoms with Gasteiger partial charge in [-0.3, -0.25) is 19.2 Å². The molecule has 0 N–H and O–H groups in total. The Labute approximate surface area is 416 Å². The third-order valence-corrected chi connectivity index (χ3v) is 17.7. The molecule has 70 heavy (non-hydrogen) atoms. The van der Waals surface area contributed by atoms with Crippen LogP contribution in [0, 0.1) is 41.4 Å². The molecule has 4 atom stereocenters. The molecule has 11 heteroatoms. The third kappa shape index (κ3) is 10.8. The van der Waals surface area contributed by atoms with Crippen LogP contribution in [0.1, 0.15) is 154 Å². The van der Waals surface area contributed by atoms with Crippen LogP contribution in [0.5, 0.6) is 0 Å². The zero-order chi connectivity index (χ0) is 48.7. The lowest BCUT2D eigenvalue weighted by Crippen LogP contribution is -2.41. The number of rotatable bonds is 9. The molecule has 2 amide bonds. The van der Waals surface area contributed by atoms with E-state index in [1.165, 1.54) is 82.8 Å². The van der Waals surface area contributed by atoms with Crippen LogP contribution in [0.4, 0.5) is 0 Å². The lowest BCUT2D eigenvalue weighted by molar-refractivity contribution is -0.156. The highest BCUT2D eigenvalue weighted by Crippen LogP contribution is 2.42. The largest absolute Gasteiger partial charge is 0.460 e. The van der Waals surface area contributed by atoms with Crippen molar-refractivity contribution >= 4 is 45.4 Å². The summed E-state index contributed by atoms with van der Waals surface area (Å²) < 4.78 is 21.5. The molecule has 7 aliphatic rings. The Bertz CT molecular complexity index is 2570. The smallest absolute Gasteiger partial charge is 0.306 e. The Morgan fingerprint density at radius 2 is 1.04 bits per heavy atom. The summed E-state index contributed by atoms with van der Waals surface area (Å²) in [6.07, 6.45) is 18.9. The molecule has 5 fully saturated rings. The van der Waals surface area contributed by atoms with Crippen LogP contribution >= 0.6 is 0 Å². The van der Waals surface area contributed by atoms with Gasteiger partial charge in [0.05, 0.1) is 6.42 Å². The molecule has 2 aromatic carbocycles. The number of piperidine rings is 2. The molecule has 0 radical (unpaired) electrons. The highest BCUT2D eigenvalue weighted by atomic mass is 16.6. The van der Waals surface area contributed by atoms with Crippen molar-refractivity contribution in [2.24, 2.45) is 55.5 Å². The van der Waals surface area contributed by atoms with E-state index in [0.717, 1.165) is 139 Å². The van der Waals surface area contributed by atoms with Crippen molar-refractivity contribution in [2.45, 2.75) is 142 Å². The maximum Gasteiger partial charge on any atom is 0.306 e. The van der Waals surface area contributed by atoms with E-state index < -0.39 is 5.60 Å². The maximum atomic E-state index is 13.6. The number of aromatic nitrogens is 2. The molecule has 4 aliphatic heterocycles. The Morgan fingerprint density at radius 3 is 1.49 bits per heavy atom. The molecule has 1 saturated carbocycles. The number of esters is 1. The number of hydrogen-bond donors (Lipinski definition) is 0. The lowest BCUT2D eigenvalue weighted by Gasteiger charge is -2.33. The molecule has 0 bridgehead atoms. The number of benzene rings is 2. The van der Waals surface area contributed by atoms with Crippen molar-refractivity contribution in [3.63, 3.8) is 0 Å². The average Bonchev–Trinajstić information content (AvgIpc) is 4.15. The second-order valence-corrected chi connectivity index (χ2v) is 23.6. The van der Waals surface area contributed by atoms with Crippen LogP contribution in [0.3, 0.4) is 0 Å². The number of carbonyl (C=O) groups is 4. The molecule has 4 unspecified atom stereocenters. The minimum absolute atomic E-state index is 0.0835. The average molecular weight is 957 g/mol. The van der Waals surface area contributed by atoms with E-state index >= 15 is 0 Å². The molecule has 2 aromatic heterocycles. The van der Waals surface area contributed by atoms with Crippen LogP contribution in [0.25, 0.3) is 21.8 Å². The van der Waals surface area contributed by atoms with Crippen molar-refractivity contribution < 1.29 is 33.4 Å². The van der Waals surface area contributed by atoms with Gasteiger partial charge in [0.25, 0.3) is 11.8 Å². The summed E-state index contributed by atoms with van der Waals surface area (Å²) in [4.78, 5) is 55.8. The van der Waals surface area contributed by atoms with Gasteiger partial charge in [0.15, 0.2) is 0 Å². The lowest BCUT2D eigenvalue weighted by atomic mass is 9.75. The van der Waals surface area contributed by atoms with Gasteiger partial charge in [-0.15, -0.1) is 0 Å². The topological polar surface area (TPSA) is 112 Å². The predicted molar refractivity (Wildman–Crippen MR) is 274 cm³/mol. The SMILES string of the molecule is Cn1c2c(c3cc(C(=O)N4CCCC(CC(=O)C5CC5)C4)ccc31)CC(C1CCOCC1)CC2.Cn1c2c(c3cc(C(=O)N4CCCC(CC(=O)OC(C)(C)C)C4)ccc31)CC(C1CCOCC1)CC2. The van der Waals surface area contributed by atoms with Crippen LogP contribution in [-0.4, -0.2) is 101 Å². The first-order valence-corrected chi connectivity index (χ1v) is 27.5. The summed E-state index contributed by atoms with van der Waals surface area (Å²) in [6.45, 7) is 12.2. The van der Waals surface area contributed by atoms with Gasteiger partial charge in [0.1, 0.15) is 11.4 Å². The minimum Gasteiger partial charge on any atom is -0.460 e.